The maximum Gasteiger partial charge on any atom is 0.0699 e. The molecule has 3 heteroatoms. The number of ether oxygens (including phenoxy) is 1. The Labute approximate surface area is 116 Å². The van der Waals surface area contributed by atoms with Gasteiger partial charge in [-0.25, -0.2) is 0 Å². The molecule has 1 N–H and O–H groups in total. The summed E-state index contributed by atoms with van der Waals surface area (Å²) in [4.78, 5) is 1.42. The first kappa shape index (κ1) is 15.7. The van der Waals surface area contributed by atoms with E-state index in [1.807, 2.05) is 11.3 Å². The van der Waals surface area contributed by atoms with Crippen LogP contribution in [-0.2, 0) is 11.2 Å². The van der Waals surface area contributed by atoms with Crippen molar-refractivity contribution in [2.24, 2.45) is 5.92 Å². The molecule has 18 heavy (non-hydrogen) atoms. The Morgan fingerprint density at radius 2 is 2.17 bits per heavy atom. The minimum Gasteiger partial charge on any atom is -0.377 e. The summed E-state index contributed by atoms with van der Waals surface area (Å²) in [6.07, 6.45) is 3.75. The molecule has 0 saturated heterocycles. The molecule has 0 aliphatic heterocycles. The van der Waals surface area contributed by atoms with Gasteiger partial charge < -0.3 is 10.1 Å². The van der Waals surface area contributed by atoms with E-state index in [2.05, 4.69) is 43.6 Å². The lowest BCUT2D eigenvalue weighted by atomic mass is 10.2. The zero-order valence-corrected chi connectivity index (χ0v) is 12.8. The first-order valence-corrected chi connectivity index (χ1v) is 7.95. The van der Waals surface area contributed by atoms with Gasteiger partial charge in [0.2, 0.25) is 0 Å². The van der Waals surface area contributed by atoms with Gasteiger partial charge in [0.25, 0.3) is 0 Å². The molecule has 1 rings (SSSR count). The van der Waals surface area contributed by atoms with Crippen molar-refractivity contribution in [2.45, 2.75) is 46.1 Å². The summed E-state index contributed by atoms with van der Waals surface area (Å²) in [6.45, 7) is 9.59. The second-order valence-electron chi connectivity index (χ2n) is 5.16. The molecule has 0 spiro atoms. The monoisotopic (exact) mass is 269 g/mol. The van der Waals surface area contributed by atoms with Crippen LogP contribution in [0.5, 0.6) is 0 Å². The van der Waals surface area contributed by atoms with E-state index in [4.69, 9.17) is 4.74 Å². The molecule has 1 heterocycles. The number of rotatable bonds is 10. The molecule has 0 fully saturated rings. The Kier molecular flexibility index (Phi) is 8.31. The van der Waals surface area contributed by atoms with E-state index in [1.54, 1.807) is 0 Å². The van der Waals surface area contributed by atoms with Crippen molar-refractivity contribution in [1.82, 2.24) is 5.32 Å². The zero-order chi connectivity index (χ0) is 13.2. The smallest absolute Gasteiger partial charge is 0.0699 e. The van der Waals surface area contributed by atoms with Gasteiger partial charge in [-0.2, -0.15) is 0 Å². The van der Waals surface area contributed by atoms with Gasteiger partial charge in [0.1, 0.15) is 0 Å². The van der Waals surface area contributed by atoms with Crippen LogP contribution in [0.4, 0.5) is 0 Å². The third-order valence-corrected chi connectivity index (χ3v) is 3.75. The molecule has 0 amide bonds. The first-order valence-electron chi connectivity index (χ1n) is 7.07. The molecule has 0 bridgehead atoms. The van der Waals surface area contributed by atoms with Crippen molar-refractivity contribution in [1.29, 1.82) is 0 Å². The molecule has 1 aromatic heterocycles. The first-order chi connectivity index (χ1) is 8.72. The van der Waals surface area contributed by atoms with Crippen molar-refractivity contribution in [3.63, 3.8) is 0 Å². The van der Waals surface area contributed by atoms with Crippen LogP contribution in [0, 0.1) is 5.92 Å². The Morgan fingerprint density at radius 1 is 1.33 bits per heavy atom. The minimum atomic E-state index is 0.369. The van der Waals surface area contributed by atoms with Crippen molar-refractivity contribution in [2.75, 3.05) is 19.7 Å². The molecule has 2 nitrogen and oxygen atoms in total. The lowest BCUT2D eigenvalue weighted by Crippen LogP contribution is -2.32. The summed E-state index contributed by atoms with van der Waals surface area (Å²) in [5.41, 5.74) is 0. The van der Waals surface area contributed by atoms with Crippen molar-refractivity contribution in [3.8, 4) is 0 Å². The molecule has 0 saturated carbocycles. The Morgan fingerprint density at radius 3 is 2.78 bits per heavy atom. The van der Waals surface area contributed by atoms with Gasteiger partial charge in [-0.15, -0.1) is 11.3 Å². The highest BCUT2D eigenvalue weighted by Crippen LogP contribution is 2.10. The number of nitrogens with one attached hydrogen (secondary N) is 1. The largest absolute Gasteiger partial charge is 0.377 e. The predicted molar refractivity (Wildman–Crippen MR) is 80.4 cm³/mol. The summed E-state index contributed by atoms with van der Waals surface area (Å²) in [5.74, 6) is 0.707. The average Bonchev–Trinajstić information content (AvgIpc) is 2.81. The predicted octanol–water partition coefficient (Wildman–Crippen LogP) is 3.72. The van der Waals surface area contributed by atoms with Gasteiger partial charge >= 0.3 is 0 Å². The van der Waals surface area contributed by atoms with Crippen LogP contribution in [0.1, 0.15) is 38.5 Å². The van der Waals surface area contributed by atoms with Crippen LogP contribution < -0.4 is 5.32 Å². The summed E-state index contributed by atoms with van der Waals surface area (Å²) >= 11 is 1.81. The Hall–Kier alpha value is -0.380. The van der Waals surface area contributed by atoms with Crippen molar-refractivity contribution >= 4 is 11.3 Å². The van der Waals surface area contributed by atoms with Gasteiger partial charge in [-0.1, -0.05) is 33.3 Å². The third kappa shape index (κ3) is 7.14. The van der Waals surface area contributed by atoms with Crippen LogP contribution in [0.2, 0.25) is 0 Å². The van der Waals surface area contributed by atoms with Crippen LogP contribution in [0.15, 0.2) is 17.5 Å². The van der Waals surface area contributed by atoms with Crippen molar-refractivity contribution < 1.29 is 4.74 Å². The highest BCUT2D eigenvalue weighted by atomic mass is 32.1. The number of hydrogen-bond donors (Lipinski definition) is 1. The van der Waals surface area contributed by atoms with Gasteiger partial charge in [0, 0.05) is 17.8 Å². The fraction of sp³-hybridized carbons (Fsp3) is 0.733. The number of thiophene rings is 1. The van der Waals surface area contributed by atoms with Crippen molar-refractivity contribution in [3.05, 3.63) is 22.4 Å². The fourth-order valence-corrected chi connectivity index (χ4v) is 2.57. The van der Waals surface area contributed by atoms with E-state index in [-0.39, 0.29) is 0 Å². The van der Waals surface area contributed by atoms with E-state index in [9.17, 15) is 0 Å². The quantitative estimate of drug-likeness (QED) is 0.699. The number of hydrogen-bond acceptors (Lipinski definition) is 3. The highest BCUT2D eigenvalue weighted by Gasteiger charge is 2.08. The molecule has 1 aromatic rings. The van der Waals surface area contributed by atoms with Crippen LogP contribution >= 0.6 is 11.3 Å². The summed E-state index contributed by atoms with van der Waals surface area (Å²) in [7, 11) is 0. The molecule has 0 radical (unpaired) electrons. The molecule has 1 atom stereocenters. The normalized spacial score (nSPS) is 13.1. The maximum absolute atomic E-state index is 5.98. The van der Waals surface area contributed by atoms with E-state index in [1.165, 1.54) is 11.3 Å². The Balaban J connectivity index is 2.16. The molecular formula is C15H27NOS. The molecule has 0 aliphatic rings. The van der Waals surface area contributed by atoms with Gasteiger partial charge in [0.15, 0.2) is 0 Å². The molecule has 1 unspecified atom stereocenters. The summed E-state index contributed by atoms with van der Waals surface area (Å²) in [6, 6.07) is 4.29. The topological polar surface area (TPSA) is 21.3 Å². The zero-order valence-electron chi connectivity index (χ0n) is 11.9. The van der Waals surface area contributed by atoms with E-state index >= 15 is 0 Å². The highest BCUT2D eigenvalue weighted by molar-refractivity contribution is 7.09. The van der Waals surface area contributed by atoms with E-state index < -0.39 is 0 Å². The van der Waals surface area contributed by atoms with E-state index in [0.29, 0.717) is 12.0 Å². The second-order valence-corrected chi connectivity index (χ2v) is 6.20. The molecule has 104 valence electrons. The van der Waals surface area contributed by atoms with Gasteiger partial charge in [-0.05, 0) is 30.3 Å². The van der Waals surface area contributed by atoms with Gasteiger partial charge in [0.05, 0.1) is 12.7 Å². The molecular weight excluding hydrogens is 242 g/mol. The second kappa shape index (κ2) is 9.54. The maximum atomic E-state index is 5.98. The lowest BCUT2D eigenvalue weighted by molar-refractivity contribution is 0.0490. The summed E-state index contributed by atoms with van der Waals surface area (Å²) < 4.78 is 5.98. The van der Waals surface area contributed by atoms with E-state index in [0.717, 1.165) is 32.5 Å². The average molecular weight is 269 g/mol. The van der Waals surface area contributed by atoms with Crippen LogP contribution in [-0.4, -0.2) is 25.8 Å². The standard InChI is InChI=1S/C15H27NOS/c1-4-6-14(12-16-11-13(2)3)17-9-8-15-7-5-10-18-15/h5,7,10,13-14,16H,4,6,8-9,11-12H2,1-3H3. The van der Waals surface area contributed by atoms with Gasteiger partial charge in [-0.3, -0.25) is 0 Å². The summed E-state index contributed by atoms with van der Waals surface area (Å²) in [5, 5.41) is 5.62. The minimum absolute atomic E-state index is 0.369. The van der Waals surface area contributed by atoms with Crippen LogP contribution in [0.3, 0.4) is 0 Å². The fourth-order valence-electron chi connectivity index (χ4n) is 1.88. The lowest BCUT2D eigenvalue weighted by Gasteiger charge is -2.18. The third-order valence-electron chi connectivity index (χ3n) is 2.82. The SMILES string of the molecule is CCCC(CNCC(C)C)OCCc1cccs1. The van der Waals surface area contributed by atoms with Crippen LogP contribution in [0.25, 0.3) is 0 Å². The molecule has 0 aliphatic carbocycles. The Bertz CT molecular complexity index is 285. The molecule has 0 aromatic carbocycles.